The van der Waals surface area contributed by atoms with Crippen molar-refractivity contribution in [2.24, 2.45) is 0 Å². The van der Waals surface area contributed by atoms with Crippen molar-refractivity contribution in [3.8, 4) is 0 Å². The average Bonchev–Trinajstić information content (AvgIpc) is 2.44. The van der Waals surface area contributed by atoms with Crippen LogP contribution in [0.5, 0.6) is 0 Å². The Labute approximate surface area is 61.8 Å². The fourth-order valence-corrected chi connectivity index (χ4v) is 1.54. The molecule has 0 aromatic carbocycles. The van der Waals surface area contributed by atoms with Crippen LogP contribution in [0, 0.1) is 0 Å². The third kappa shape index (κ3) is 0.623. The van der Waals surface area contributed by atoms with Gasteiger partial charge in [-0.3, -0.25) is 0 Å². The maximum atomic E-state index is 4.99. The molecule has 2 rings (SSSR count). The highest BCUT2D eigenvalue weighted by molar-refractivity contribution is 7.16. The third-order valence-electron chi connectivity index (χ3n) is 1.34. The summed E-state index contributed by atoms with van der Waals surface area (Å²) in [7, 11) is 1.62. The monoisotopic (exact) mass is 154 g/mol. The molecule has 2 aromatic rings. The summed E-state index contributed by atoms with van der Waals surface area (Å²) in [6.07, 6.45) is 1.86. The van der Waals surface area contributed by atoms with Crippen LogP contribution in [-0.2, 0) is 0 Å². The summed E-state index contributed by atoms with van der Waals surface area (Å²) >= 11 is 1.61. The number of aromatic nitrogens is 2. The molecule has 0 unspecified atom stereocenters. The van der Waals surface area contributed by atoms with Crippen LogP contribution in [0.3, 0.4) is 0 Å². The number of fused-ring (bicyclic) bond motifs is 1. The van der Waals surface area contributed by atoms with Gasteiger partial charge in [-0.1, -0.05) is 0 Å². The molecule has 0 aliphatic carbocycles. The summed E-state index contributed by atoms with van der Waals surface area (Å²) in [4.78, 5) is 9.09. The van der Waals surface area contributed by atoms with E-state index in [2.05, 4.69) is 4.98 Å². The normalized spacial score (nSPS) is 10.5. The van der Waals surface area contributed by atoms with Crippen LogP contribution in [0.25, 0.3) is 10.3 Å². The summed E-state index contributed by atoms with van der Waals surface area (Å²) in [5, 5.41) is 0. The highest BCUT2D eigenvalue weighted by Gasteiger charge is 2.00. The van der Waals surface area contributed by atoms with Gasteiger partial charge in [-0.25, -0.2) is 4.98 Å². The molecular weight excluding hydrogens is 148 g/mol. The number of hydrogen-bond acceptors (Lipinski definition) is 3. The van der Waals surface area contributed by atoms with Crippen LogP contribution in [0.2, 0.25) is 0 Å². The van der Waals surface area contributed by atoms with Crippen LogP contribution in [0.1, 0.15) is 0 Å². The maximum Gasteiger partial charge on any atom is 0.186 e. The second-order valence-corrected chi connectivity index (χ2v) is 2.75. The van der Waals surface area contributed by atoms with E-state index in [-0.39, 0.29) is 0 Å². The van der Waals surface area contributed by atoms with Crippen molar-refractivity contribution in [2.75, 3.05) is 7.11 Å². The second kappa shape index (κ2) is 1.98. The van der Waals surface area contributed by atoms with E-state index in [1.54, 1.807) is 28.7 Å². The lowest BCUT2D eigenvalue weighted by molar-refractivity contribution is 0.177. The molecule has 0 radical (unpaired) electrons. The first-order chi connectivity index (χ1) is 4.92. The average molecular weight is 154 g/mol. The van der Waals surface area contributed by atoms with Gasteiger partial charge in [0.25, 0.3) is 0 Å². The van der Waals surface area contributed by atoms with E-state index in [4.69, 9.17) is 4.84 Å². The molecule has 2 heterocycles. The molecule has 0 amide bonds. The largest absolute Gasteiger partial charge is 0.416 e. The molecule has 0 aliphatic rings. The Bertz CT molecular complexity index is 338. The van der Waals surface area contributed by atoms with Crippen molar-refractivity contribution in [1.82, 2.24) is 9.71 Å². The zero-order chi connectivity index (χ0) is 6.97. The lowest BCUT2D eigenvalue weighted by atomic mass is 10.6. The highest BCUT2D eigenvalue weighted by Crippen LogP contribution is 2.16. The molecule has 4 heteroatoms. The Morgan fingerprint density at radius 1 is 1.70 bits per heavy atom. The Balaban J connectivity index is 2.76. The van der Waals surface area contributed by atoms with Crippen molar-refractivity contribution < 1.29 is 4.84 Å². The number of rotatable bonds is 1. The van der Waals surface area contributed by atoms with E-state index in [1.165, 1.54) is 0 Å². The molecule has 10 heavy (non-hydrogen) atoms. The smallest absolute Gasteiger partial charge is 0.186 e. The quantitative estimate of drug-likeness (QED) is 0.616. The summed E-state index contributed by atoms with van der Waals surface area (Å²) in [6, 6.07) is 1.98. The van der Waals surface area contributed by atoms with Crippen molar-refractivity contribution in [1.29, 1.82) is 0 Å². The van der Waals surface area contributed by atoms with Crippen LogP contribution in [0.4, 0.5) is 0 Å². The third-order valence-corrected chi connectivity index (χ3v) is 2.13. The van der Waals surface area contributed by atoms with Crippen molar-refractivity contribution in [2.45, 2.75) is 0 Å². The SMILES string of the molecule is COn1ccc2scnc21. The van der Waals surface area contributed by atoms with Gasteiger partial charge in [0.2, 0.25) is 0 Å². The standard InChI is InChI=1S/C6H6N2OS/c1-9-8-3-2-5-6(8)7-4-10-5/h2-4H,1H3. The minimum absolute atomic E-state index is 0.896. The van der Waals surface area contributed by atoms with Gasteiger partial charge in [-0.05, 0) is 6.07 Å². The second-order valence-electron chi connectivity index (χ2n) is 1.86. The molecule has 0 fully saturated rings. The van der Waals surface area contributed by atoms with Crippen molar-refractivity contribution in [3.63, 3.8) is 0 Å². The summed E-state index contributed by atoms with van der Waals surface area (Å²) < 4.78 is 2.80. The first-order valence-electron chi connectivity index (χ1n) is 2.87. The Morgan fingerprint density at radius 2 is 2.60 bits per heavy atom. The lowest BCUT2D eigenvalue weighted by Crippen LogP contribution is -2.02. The van der Waals surface area contributed by atoms with E-state index in [0.717, 1.165) is 10.3 Å². The molecule has 0 aliphatic heterocycles. The minimum Gasteiger partial charge on any atom is -0.416 e. The summed E-state index contributed by atoms with van der Waals surface area (Å²) in [5.74, 6) is 0. The fourth-order valence-electron chi connectivity index (χ4n) is 0.882. The highest BCUT2D eigenvalue weighted by atomic mass is 32.1. The lowest BCUT2D eigenvalue weighted by Gasteiger charge is -1.96. The van der Waals surface area contributed by atoms with Gasteiger partial charge < -0.3 is 4.84 Å². The van der Waals surface area contributed by atoms with Crippen molar-refractivity contribution >= 4 is 21.7 Å². The fraction of sp³-hybridized carbons (Fsp3) is 0.167. The first-order valence-corrected chi connectivity index (χ1v) is 3.75. The van der Waals surface area contributed by atoms with Gasteiger partial charge in [0.15, 0.2) is 5.65 Å². The van der Waals surface area contributed by atoms with Gasteiger partial charge in [0.05, 0.1) is 10.2 Å². The number of thiazole rings is 1. The van der Waals surface area contributed by atoms with Crippen molar-refractivity contribution in [3.05, 3.63) is 17.8 Å². The zero-order valence-corrected chi connectivity index (χ0v) is 6.26. The number of nitrogens with zero attached hydrogens (tertiary/aromatic N) is 2. The van der Waals surface area contributed by atoms with Crippen LogP contribution in [0.15, 0.2) is 17.8 Å². The molecule has 0 saturated carbocycles. The van der Waals surface area contributed by atoms with E-state index < -0.39 is 0 Å². The molecule has 0 atom stereocenters. The van der Waals surface area contributed by atoms with Crippen LogP contribution in [-0.4, -0.2) is 16.8 Å². The van der Waals surface area contributed by atoms with Gasteiger partial charge in [0.1, 0.15) is 7.11 Å². The molecule has 2 aromatic heterocycles. The molecule has 0 N–H and O–H groups in total. The molecule has 3 nitrogen and oxygen atoms in total. The van der Waals surface area contributed by atoms with E-state index >= 15 is 0 Å². The van der Waals surface area contributed by atoms with Crippen LogP contribution < -0.4 is 4.84 Å². The predicted molar refractivity (Wildman–Crippen MR) is 40.1 cm³/mol. The Morgan fingerprint density at radius 3 is 3.40 bits per heavy atom. The minimum atomic E-state index is 0.896. The number of hydrogen-bond donors (Lipinski definition) is 0. The van der Waals surface area contributed by atoms with Gasteiger partial charge in [0, 0.05) is 6.20 Å². The first kappa shape index (κ1) is 5.73. The zero-order valence-electron chi connectivity index (χ0n) is 5.44. The van der Waals surface area contributed by atoms with Gasteiger partial charge in [-0.2, -0.15) is 4.73 Å². The van der Waals surface area contributed by atoms with E-state index in [0.29, 0.717) is 0 Å². The Hall–Kier alpha value is -1.03. The predicted octanol–water partition coefficient (Wildman–Crippen LogP) is 1.16. The molecule has 0 spiro atoms. The van der Waals surface area contributed by atoms with Crippen LogP contribution >= 0.6 is 11.3 Å². The molecule has 52 valence electrons. The van der Waals surface area contributed by atoms with E-state index in [1.807, 2.05) is 12.3 Å². The van der Waals surface area contributed by atoms with Gasteiger partial charge >= 0.3 is 0 Å². The Kier molecular flexibility index (Phi) is 1.14. The summed E-state index contributed by atoms with van der Waals surface area (Å²) in [5.41, 5.74) is 2.70. The maximum absolute atomic E-state index is 4.99. The molecule has 0 saturated heterocycles. The van der Waals surface area contributed by atoms with Gasteiger partial charge in [-0.15, -0.1) is 11.3 Å². The molecular formula is C6H6N2OS. The molecule has 0 bridgehead atoms. The van der Waals surface area contributed by atoms with E-state index in [9.17, 15) is 0 Å². The summed E-state index contributed by atoms with van der Waals surface area (Å²) in [6.45, 7) is 0. The topological polar surface area (TPSA) is 27.1 Å².